The van der Waals surface area contributed by atoms with Gasteiger partial charge in [-0.15, -0.1) is 11.3 Å². The van der Waals surface area contributed by atoms with Gasteiger partial charge in [-0.05, 0) is 48.6 Å². The second-order valence-corrected chi connectivity index (χ2v) is 7.41. The van der Waals surface area contributed by atoms with E-state index in [1.165, 1.54) is 4.88 Å². The van der Waals surface area contributed by atoms with Gasteiger partial charge in [0.2, 0.25) is 5.91 Å². The van der Waals surface area contributed by atoms with Crippen LogP contribution in [0, 0.1) is 0 Å². The number of hydrogen-bond acceptors (Lipinski definition) is 4. The molecule has 3 rings (SSSR count). The lowest BCUT2D eigenvalue weighted by molar-refractivity contribution is -0.117. The molecular formula is C18H21ClN2O2S. The molecule has 0 bridgehead atoms. The first-order chi connectivity index (χ1) is 11.7. The van der Waals surface area contributed by atoms with Gasteiger partial charge in [-0.3, -0.25) is 9.69 Å². The zero-order valence-electron chi connectivity index (χ0n) is 13.4. The Morgan fingerprint density at radius 1 is 1.33 bits per heavy atom. The highest BCUT2D eigenvalue weighted by molar-refractivity contribution is 7.09. The molecule has 0 radical (unpaired) electrons. The molecule has 1 aromatic heterocycles. The van der Waals surface area contributed by atoms with Gasteiger partial charge in [0.15, 0.2) is 0 Å². The van der Waals surface area contributed by atoms with Crippen LogP contribution in [-0.2, 0) is 16.1 Å². The molecule has 2 aromatic rings. The van der Waals surface area contributed by atoms with Gasteiger partial charge in [0.05, 0.1) is 12.6 Å². The molecule has 1 saturated heterocycles. The van der Waals surface area contributed by atoms with Crippen molar-refractivity contribution in [1.29, 1.82) is 0 Å². The Balaban J connectivity index is 1.58. The summed E-state index contributed by atoms with van der Waals surface area (Å²) in [6.45, 7) is 2.73. The fourth-order valence-corrected chi connectivity index (χ4v) is 3.69. The summed E-state index contributed by atoms with van der Waals surface area (Å²) in [4.78, 5) is 15.8. The third kappa shape index (κ3) is 5.31. The highest BCUT2D eigenvalue weighted by Crippen LogP contribution is 2.18. The Morgan fingerprint density at radius 2 is 2.17 bits per heavy atom. The molecule has 0 spiro atoms. The van der Waals surface area contributed by atoms with E-state index in [0.29, 0.717) is 11.6 Å². The van der Waals surface area contributed by atoms with Crippen molar-refractivity contribution in [2.75, 3.05) is 25.0 Å². The Hall–Kier alpha value is -1.40. The van der Waals surface area contributed by atoms with E-state index in [-0.39, 0.29) is 12.0 Å². The summed E-state index contributed by atoms with van der Waals surface area (Å²) in [6.07, 6.45) is 2.40. The van der Waals surface area contributed by atoms with Crippen molar-refractivity contribution >= 4 is 34.5 Å². The molecule has 0 unspecified atom stereocenters. The van der Waals surface area contributed by atoms with Crippen molar-refractivity contribution in [2.24, 2.45) is 0 Å². The minimum atomic E-state index is -0.0214. The van der Waals surface area contributed by atoms with Crippen molar-refractivity contribution in [2.45, 2.75) is 25.5 Å². The fraction of sp³-hybridized carbons (Fsp3) is 0.389. The van der Waals surface area contributed by atoms with Crippen LogP contribution < -0.4 is 5.32 Å². The second kappa shape index (κ2) is 8.62. The van der Waals surface area contributed by atoms with Gasteiger partial charge in [-0.1, -0.05) is 17.7 Å². The number of halogens is 1. The Labute approximate surface area is 151 Å². The maximum Gasteiger partial charge on any atom is 0.238 e. The molecule has 4 nitrogen and oxygen atoms in total. The first-order valence-electron chi connectivity index (χ1n) is 8.11. The van der Waals surface area contributed by atoms with Crippen LogP contribution in [0.25, 0.3) is 0 Å². The maximum atomic E-state index is 12.4. The van der Waals surface area contributed by atoms with Crippen LogP contribution in [0.2, 0.25) is 5.02 Å². The Morgan fingerprint density at radius 3 is 2.83 bits per heavy atom. The molecule has 1 aromatic carbocycles. The molecule has 1 atom stereocenters. The van der Waals surface area contributed by atoms with Crippen molar-refractivity contribution in [3.05, 3.63) is 51.7 Å². The molecule has 128 valence electrons. The number of thiophene rings is 1. The van der Waals surface area contributed by atoms with Crippen LogP contribution >= 0.6 is 22.9 Å². The number of carbonyl (C=O) groups is 1. The predicted molar refractivity (Wildman–Crippen MR) is 98.7 cm³/mol. The molecule has 24 heavy (non-hydrogen) atoms. The fourth-order valence-electron chi connectivity index (χ4n) is 2.82. The number of rotatable bonds is 7. The summed E-state index contributed by atoms with van der Waals surface area (Å²) in [6, 6.07) is 11.3. The van der Waals surface area contributed by atoms with Crippen molar-refractivity contribution < 1.29 is 9.53 Å². The molecule has 1 amide bonds. The quantitative estimate of drug-likeness (QED) is 0.806. The molecule has 0 aliphatic carbocycles. The summed E-state index contributed by atoms with van der Waals surface area (Å²) in [5.41, 5.74) is 0.762. The van der Waals surface area contributed by atoms with Crippen LogP contribution in [0.15, 0.2) is 41.8 Å². The number of hydrogen-bond donors (Lipinski definition) is 1. The molecule has 1 aliphatic rings. The molecule has 6 heteroatoms. The van der Waals surface area contributed by atoms with Crippen LogP contribution in [0.1, 0.15) is 17.7 Å². The smallest absolute Gasteiger partial charge is 0.238 e. The van der Waals surface area contributed by atoms with E-state index >= 15 is 0 Å². The van der Waals surface area contributed by atoms with E-state index in [1.807, 2.05) is 18.2 Å². The first-order valence-corrected chi connectivity index (χ1v) is 9.36. The first kappa shape index (κ1) is 17.4. The van der Waals surface area contributed by atoms with E-state index < -0.39 is 0 Å². The van der Waals surface area contributed by atoms with Crippen LogP contribution in [0.3, 0.4) is 0 Å². The molecular weight excluding hydrogens is 344 g/mol. The number of carbonyl (C=O) groups excluding carboxylic acids is 1. The maximum absolute atomic E-state index is 12.4. The van der Waals surface area contributed by atoms with Crippen molar-refractivity contribution in [3.8, 4) is 0 Å². The van der Waals surface area contributed by atoms with Gasteiger partial charge in [-0.25, -0.2) is 0 Å². The van der Waals surface area contributed by atoms with Gasteiger partial charge in [0, 0.05) is 35.3 Å². The van der Waals surface area contributed by atoms with Gasteiger partial charge in [-0.2, -0.15) is 0 Å². The zero-order valence-corrected chi connectivity index (χ0v) is 15.0. The minimum absolute atomic E-state index is 0.0214. The van der Waals surface area contributed by atoms with Crippen LogP contribution in [0.5, 0.6) is 0 Å². The number of amides is 1. The van der Waals surface area contributed by atoms with Gasteiger partial charge in [0.1, 0.15) is 0 Å². The van der Waals surface area contributed by atoms with Gasteiger partial charge >= 0.3 is 0 Å². The highest BCUT2D eigenvalue weighted by atomic mass is 35.5. The summed E-state index contributed by atoms with van der Waals surface area (Å²) < 4.78 is 5.73. The number of nitrogens with zero attached hydrogens (tertiary/aromatic N) is 1. The molecule has 1 N–H and O–H groups in total. The van der Waals surface area contributed by atoms with E-state index in [0.717, 1.165) is 38.2 Å². The van der Waals surface area contributed by atoms with Gasteiger partial charge < -0.3 is 10.1 Å². The third-order valence-corrected chi connectivity index (χ3v) is 5.05. The average molecular weight is 365 g/mol. The third-order valence-electron chi connectivity index (χ3n) is 3.94. The van der Waals surface area contributed by atoms with Gasteiger partial charge in [0.25, 0.3) is 0 Å². The summed E-state index contributed by atoms with van der Waals surface area (Å²) in [5.74, 6) is -0.0214. The molecule has 0 saturated carbocycles. The van der Waals surface area contributed by atoms with E-state index in [4.69, 9.17) is 16.3 Å². The number of benzene rings is 1. The predicted octanol–water partition coefficient (Wildman–Crippen LogP) is 4.02. The topological polar surface area (TPSA) is 41.6 Å². The molecule has 2 heterocycles. The Bertz CT molecular complexity index is 640. The van der Waals surface area contributed by atoms with Crippen LogP contribution in [-0.4, -0.2) is 36.6 Å². The number of nitrogens with one attached hydrogen (secondary N) is 1. The SMILES string of the molecule is O=C(CN(Cc1cccs1)C[C@H]1CCCO1)Nc1ccc(Cl)cc1. The standard InChI is InChI=1S/C18H21ClN2O2S/c19-14-5-7-15(8-6-14)20-18(22)13-21(11-16-3-1-9-23-16)12-17-4-2-10-24-17/h2,4-8,10,16H,1,3,9,11-13H2,(H,20,22)/t16-/m1/s1. The van der Waals surface area contributed by atoms with E-state index in [1.54, 1.807) is 23.5 Å². The monoisotopic (exact) mass is 364 g/mol. The van der Waals surface area contributed by atoms with Crippen molar-refractivity contribution in [3.63, 3.8) is 0 Å². The zero-order chi connectivity index (χ0) is 16.8. The Kier molecular flexibility index (Phi) is 6.26. The minimum Gasteiger partial charge on any atom is -0.377 e. The van der Waals surface area contributed by atoms with E-state index in [9.17, 15) is 4.79 Å². The average Bonchev–Trinajstić information content (AvgIpc) is 3.23. The largest absolute Gasteiger partial charge is 0.377 e. The summed E-state index contributed by atoms with van der Waals surface area (Å²) in [7, 11) is 0. The summed E-state index contributed by atoms with van der Waals surface area (Å²) in [5, 5.41) is 5.65. The lowest BCUT2D eigenvalue weighted by atomic mass is 10.2. The number of anilines is 1. The summed E-state index contributed by atoms with van der Waals surface area (Å²) >= 11 is 7.59. The molecule has 1 fully saturated rings. The van der Waals surface area contributed by atoms with Crippen LogP contribution in [0.4, 0.5) is 5.69 Å². The lowest BCUT2D eigenvalue weighted by Gasteiger charge is -2.24. The van der Waals surface area contributed by atoms with E-state index in [2.05, 4.69) is 21.7 Å². The molecule has 1 aliphatic heterocycles. The highest BCUT2D eigenvalue weighted by Gasteiger charge is 2.21. The second-order valence-electron chi connectivity index (χ2n) is 5.94. The normalized spacial score (nSPS) is 17.3. The lowest BCUT2D eigenvalue weighted by Crippen LogP contribution is -2.37. The number of ether oxygens (including phenoxy) is 1. The van der Waals surface area contributed by atoms with Crippen molar-refractivity contribution in [1.82, 2.24) is 4.90 Å².